The lowest BCUT2D eigenvalue weighted by Gasteiger charge is -1.91. The molecule has 2 nitrogen and oxygen atoms in total. The number of rotatable bonds is 0. The molecule has 4 heteroatoms. The largest absolute Gasteiger partial charge is 0.493 e. The van der Waals surface area contributed by atoms with Crippen molar-refractivity contribution in [3.63, 3.8) is 0 Å². The highest BCUT2D eigenvalue weighted by molar-refractivity contribution is 14.1. The van der Waals surface area contributed by atoms with E-state index >= 15 is 0 Å². The minimum Gasteiger partial charge on any atom is -0.493 e. The summed E-state index contributed by atoms with van der Waals surface area (Å²) in [5, 5.41) is 8.58. The first-order valence-corrected chi connectivity index (χ1v) is 3.29. The average Bonchev–Trinajstić information content (AvgIpc) is 1.80. The molecule has 0 atom stereocenters. The van der Waals surface area contributed by atoms with E-state index in [1.165, 1.54) is 12.1 Å². The van der Waals surface area contributed by atoms with Crippen LogP contribution in [-0.2, 0) is 0 Å². The maximum Gasteiger partial charge on any atom is 0.229 e. The monoisotopic (exact) mass is 239 g/mol. The van der Waals surface area contributed by atoms with Gasteiger partial charge in [-0.2, -0.15) is 9.37 Å². The van der Waals surface area contributed by atoms with E-state index in [1.807, 2.05) is 0 Å². The van der Waals surface area contributed by atoms with Crippen molar-refractivity contribution < 1.29 is 9.50 Å². The Hall–Kier alpha value is -0.390. The topological polar surface area (TPSA) is 33.1 Å². The molecule has 0 amide bonds. The van der Waals surface area contributed by atoms with E-state index in [2.05, 4.69) is 4.98 Å². The van der Waals surface area contributed by atoms with Crippen LogP contribution in [0, 0.1) is 9.52 Å². The van der Waals surface area contributed by atoms with E-state index in [0.717, 1.165) is 0 Å². The van der Waals surface area contributed by atoms with Crippen LogP contribution in [0.4, 0.5) is 4.39 Å². The van der Waals surface area contributed by atoms with Crippen LogP contribution in [-0.4, -0.2) is 10.1 Å². The number of nitrogens with zero attached hydrogens (tertiary/aromatic N) is 1. The quantitative estimate of drug-likeness (QED) is 0.550. The van der Waals surface area contributed by atoms with Crippen LogP contribution in [0.2, 0.25) is 0 Å². The Morgan fingerprint density at radius 3 is 2.67 bits per heavy atom. The van der Waals surface area contributed by atoms with Crippen molar-refractivity contribution in [3.05, 3.63) is 21.7 Å². The molecule has 0 aromatic carbocycles. The van der Waals surface area contributed by atoms with Crippen molar-refractivity contribution in [1.82, 2.24) is 4.98 Å². The van der Waals surface area contributed by atoms with Crippen LogP contribution in [0.15, 0.2) is 12.1 Å². The minimum absolute atomic E-state index is 0.284. The summed E-state index contributed by atoms with van der Waals surface area (Å²) in [6, 6.07) is 2.79. The number of aromatic hydroxyl groups is 1. The summed E-state index contributed by atoms with van der Waals surface area (Å²) in [5.74, 6) is -0.913. The zero-order valence-electron chi connectivity index (χ0n) is 4.31. The third-order valence-corrected chi connectivity index (χ3v) is 1.59. The molecule has 0 aliphatic heterocycles. The van der Waals surface area contributed by atoms with Gasteiger partial charge in [0.2, 0.25) is 11.8 Å². The first-order chi connectivity index (χ1) is 4.20. The molecule has 0 aliphatic carbocycles. The Bertz CT molecular complexity index is 228. The summed E-state index contributed by atoms with van der Waals surface area (Å²) >= 11 is 1.79. The molecular weight excluding hydrogens is 236 g/mol. The normalized spacial score (nSPS) is 9.56. The minimum atomic E-state index is -0.629. The van der Waals surface area contributed by atoms with Crippen molar-refractivity contribution in [1.29, 1.82) is 0 Å². The van der Waals surface area contributed by atoms with Gasteiger partial charge in [0.05, 0.1) is 3.57 Å². The lowest BCUT2D eigenvalue weighted by atomic mass is 10.5. The van der Waals surface area contributed by atoms with Gasteiger partial charge in [-0.15, -0.1) is 0 Å². The lowest BCUT2D eigenvalue weighted by Crippen LogP contribution is -1.85. The molecule has 0 saturated carbocycles. The van der Waals surface area contributed by atoms with Gasteiger partial charge in [-0.1, -0.05) is 0 Å². The van der Waals surface area contributed by atoms with E-state index in [4.69, 9.17) is 5.11 Å². The second-order valence-corrected chi connectivity index (χ2v) is 2.60. The fraction of sp³-hybridized carbons (Fsp3) is 0. The van der Waals surface area contributed by atoms with Crippen LogP contribution in [0.3, 0.4) is 0 Å². The zero-order valence-corrected chi connectivity index (χ0v) is 6.46. The molecule has 1 N–H and O–H groups in total. The summed E-state index contributed by atoms with van der Waals surface area (Å²) in [5.41, 5.74) is 0. The van der Waals surface area contributed by atoms with Crippen LogP contribution in [0.1, 0.15) is 0 Å². The Labute approximate surface area is 64.9 Å². The highest BCUT2D eigenvalue weighted by atomic mass is 127. The SMILES string of the molecule is Oc1ccc(I)c(F)n1. The van der Waals surface area contributed by atoms with Gasteiger partial charge in [0.1, 0.15) is 0 Å². The average molecular weight is 239 g/mol. The molecule has 0 bridgehead atoms. The van der Waals surface area contributed by atoms with Gasteiger partial charge in [-0.25, -0.2) is 0 Å². The molecule has 0 spiro atoms. The highest BCUT2D eigenvalue weighted by Gasteiger charge is 1.98. The number of pyridine rings is 1. The van der Waals surface area contributed by atoms with Crippen molar-refractivity contribution >= 4 is 22.6 Å². The second kappa shape index (κ2) is 2.47. The van der Waals surface area contributed by atoms with E-state index in [1.54, 1.807) is 22.6 Å². The molecule has 1 heterocycles. The van der Waals surface area contributed by atoms with Gasteiger partial charge in [0, 0.05) is 6.07 Å². The van der Waals surface area contributed by atoms with E-state index in [0.29, 0.717) is 3.57 Å². The predicted octanol–water partition coefficient (Wildman–Crippen LogP) is 1.53. The fourth-order valence-electron chi connectivity index (χ4n) is 0.408. The van der Waals surface area contributed by atoms with Crippen molar-refractivity contribution in [2.24, 2.45) is 0 Å². The molecule has 0 saturated heterocycles. The summed E-state index contributed by atoms with van der Waals surface area (Å²) in [6.45, 7) is 0. The number of hydrogen-bond donors (Lipinski definition) is 1. The molecule has 0 aliphatic rings. The number of halogens is 2. The van der Waals surface area contributed by atoms with Crippen LogP contribution in [0.25, 0.3) is 0 Å². The van der Waals surface area contributed by atoms with Gasteiger partial charge in [-0.05, 0) is 28.7 Å². The molecule has 0 unspecified atom stereocenters. The van der Waals surface area contributed by atoms with Gasteiger partial charge in [0.25, 0.3) is 0 Å². The first kappa shape index (κ1) is 6.73. The van der Waals surface area contributed by atoms with Crippen molar-refractivity contribution in [2.45, 2.75) is 0 Å². The molecule has 9 heavy (non-hydrogen) atoms. The smallest absolute Gasteiger partial charge is 0.229 e. The zero-order chi connectivity index (χ0) is 6.85. The fourth-order valence-corrected chi connectivity index (χ4v) is 0.708. The first-order valence-electron chi connectivity index (χ1n) is 2.21. The molecule has 1 aromatic rings. The Balaban J connectivity index is 3.17. The maximum atomic E-state index is 12.3. The standard InChI is InChI=1S/C5H3FINO/c6-5-3(7)1-2-4(9)8-5/h1-2H,(H,8,9). The van der Waals surface area contributed by atoms with Crippen molar-refractivity contribution in [2.75, 3.05) is 0 Å². The lowest BCUT2D eigenvalue weighted by molar-refractivity contribution is 0.434. The molecule has 0 fully saturated rings. The predicted molar refractivity (Wildman–Crippen MR) is 38.6 cm³/mol. The van der Waals surface area contributed by atoms with Gasteiger partial charge in [-0.3, -0.25) is 0 Å². The molecule has 1 rings (SSSR count). The van der Waals surface area contributed by atoms with E-state index < -0.39 is 5.95 Å². The van der Waals surface area contributed by atoms with Gasteiger partial charge >= 0.3 is 0 Å². The summed E-state index contributed by atoms with van der Waals surface area (Å²) in [6.07, 6.45) is 0. The van der Waals surface area contributed by atoms with E-state index in [9.17, 15) is 4.39 Å². The molecule has 1 aromatic heterocycles. The third kappa shape index (κ3) is 1.51. The number of aromatic nitrogens is 1. The highest BCUT2D eigenvalue weighted by Crippen LogP contribution is 2.11. The molecular formula is C5H3FINO. The Kier molecular flexibility index (Phi) is 1.84. The summed E-state index contributed by atoms with van der Waals surface area (Å²) in [4.78, 5) is 3.15. The van der Waals surface area contributed by atoms with Gasteiger partial charge in [0.15, 0.2) is 0 Å². The summed E-state index contributed by atoms with van der Waals surface area (Å²) < 4.78 is 12.7. The maximum absolute atomic E-state index is 12.3. The second-order valence-electron chi connectivity index (χ2n) is 1.44. The third-order valence-electron chi connectivity index (χ3n) is 0.789. The van der Waals surface area contributed by atoms with E-state index in [-0.39, 0.29) is 5.88 Å². The molecule has 0 radical (unpaired) electrons. The van der Waals surface area contributed by atoms with Gasteiger partial charge < -0.3 is 5.11 Å². The Morgan fingerprint density at radius 2 is 2.22 bits per heavy atom. The van der Waals surface area contributed by atoms with Crippen LogP contribution in [0.5, 0.6) is 5.88 Å². The van der Waals surface area contributed by atoms with Crippen molar-refractivity contribution in [3.8, 4) is 5.88 Å². The summed E-state index contributed by atoms with van der Waals surface area (Å²) in [7, 11) is 0. The number of hydrogen-bond acceptors (Lipinski definition) is 2. The molecule has 48 valence electrons. The van der Waals surface area contributed by atoms with Crippen LogP contribution >= 0.6 is 22.6 Å². The van der Waals surface area contributed by atoms with Crippen LogP contribution < -0.4 is 0 Å². The Morgan fingerprint density at radius 1 is 1.56 bits per heavy atom.